The molecule has 0 atom stereocenters. The minimum absolute atomic E-state index is 0.300. The lowest BCUT2D eigenvalue weighted by Gasteiger charge is -2.37. The van der Waals surface area contributed by atoms with Crippen LogP contribution in [-0.4, -0.2) is 11.7 Å². The Balaban J connectivity index is 1.58. The Labute approximate surface area is 187 Å². The fourth-order valence-corrected chi connectivity index (χ4v) is 4.03. The van der Waals surface area contributed by atoms with Gasteiger partial charge in [0.1, 0.15) is 17.3 Å². The normalized spacial score (nSPS) is 11.4. The highest BCUT2D eigenvalue weighted by atomic mass is 32.2. The lowest BCUT2D eigenvalue weighted by atomic mass is 9.77. The van der Waals surface area contributed by atoms with Gasteiger partial charge in [0.2, 0.25) is 0 Å². The van der Waals surface area contributed by atoms with E-state index in [9.17, 15) is 0 Å². The molecule has 0 fully saturated rings. The molecule has 1 aromatic heterocycles. The van der Waals surface area contributed by atoms with E-state index in [4.69, 9.17) is 4.18 Å². The molecule has 0 unspecified atom stereocenters. The molecule has 156 valence electrons. The minimum atomic E-state index is -0.583. The first-order valence-corrected chi connectivity index (χ1v) is 10.9. The first-order valence-electron chi connectivity index (χ1n) is 10.2. The average Bonchev–Trinajstić information content (AvgIpc) is 2.84. The van der Waals surface area contributed by atoms with Crippen LogP contribution in [0.25, 0.3) is 0 Å². The smallest absolute Gasteiger partial charge is 0.124 e. The number of nitrogens with one attached hydrogen (secondary N) is 2. The van der Waals surface area contributed by atoms with Gasteiger partial charge in [-0.2, -0.15) is 0 Å². The number of nitrogens with zero attached hydrogens (tertiary/aromatic N) is 1. The van der Waals surface area contributed by atoms with Gasteiger partial charge in [-0.3, -0.25) is 4.18 Å². The fraction of sp³-hybridized carbons (Fsp3) is 0.115. The van der Waals surface area contributed by atoms with Crippen molar-refractivity contribution in [2.45, 2.75) is 17.5 Å². The van der Waals surface area contributed by atoms with Crippen LogP contribution in [0.15, 0.2) is 114 Å². The maximum absolute atomic E-state index is 5.74. The van der Waals surface area contributed by atoms with Crippen molar-refractivity contribution in [3.63, 3.8) is 0 Å². The summed E-state index contributed by atoms with van der Waals surface area (Å²) < 4.78 is 5.74. The number of benzene rings is 3. The largest absolute Gasteiger partial charge is 0.292 e. The van der Waals surface area contributed by atoms with Crippen LogP contribution in [0.3, 0.4) is 0 Å². The number of hydrazine groups is 1. The summed E-state index contributed by atoms with van der Waals surface area (Å²) in [6, 6.07) is 35.3. The maximum Gasteiger partial charge on any atom is 0.124 e. The minimum Gasteiger partial charge on any atom is -0.292 e. The molecule has 0 saturated carbocycles. The number of aromatic nitrogens is 1. The van der Waals surface area contributed by atoms with Gasteiger partial charge >= 0.3 is 0 Å². The molecule has 4 aromatic rings. The summed E-state index contributed by atoms with van der Waals surface area (Å²) in [5.74, 6) is 0. The first kappa shape index (κ1) is 21.3. The molecule has 0 bridgehead atoms. The summed E-state index contributed by atoms with van der Waals surface area (Å²) >= 11 is 1.25. The molecule has 31 heavy (non-hydrogen) atoms. The van der Waals surface area contributed by atoms with Crippen molar-refractivity contribution in [2.75, 3.05) is 6.73 Å². The highest BCUT2D eigenvalue weighted by Gasteiger charge is 2.35. The predicted octanol–water partition coefficient (Wildman–Crippen LogP) is 5.46. The molecule has 5 heteroatoms. The molecule has 0 radical (unpaired) electrons. The zero-order chi connectivity index (χ0) is 21.4. The van der Waals surface area contributed by atoms with Crippen LogP contribution in [0.5, 0.6) is 0 Å². The number of hydrogen-bond acceptors (Lipinski definition) is 5. The van der Waals surface area contributed by atoms with Crippen molar-refractivity contribution in [1.82, 2.24) is 15.8 Å². The van der Waals surface area contributed by atoms with Crippen molar-refractivity contribution in [3.05, 3.63) is 132 Å². The van der Waals surface area contributed by atoms with Gasteiger partial charge in [0.15, 0.2) is 0 Å². The van der Waals surface area contributed by atoms with E-state index in [0.29, 0.717) is 6.73 Å². The van der Waals surface area contributed by atoms with Gasteiger partial charge in [0, 0.05) is 18.2 Å². The summed E-state index contributed by atoms with van der Waals surface area (Å²) in [7, 11) is 0. The van der Waals surface area contributed by atoms with Gasteiger partial charge in [-0.25, -0.2) is 15.8 Å². The van der Waals surface area contributed by atoms with E-state index in [-0.39, 0.29) is 0 Å². The van der Waals surface area contributed by atoms with E-state index in [1.807, 2.05) is 43.5 Å². The Morgan fingerprint density at radius 1 is 0.742 bits per heavy atom. The first-order chi connectivity index (χ1) is 15.3. The second-order valence-electron chi connectivity index (χ2n) is 7.17. The van der Waals surface area contributed by atoms with Crippen molar-refractivity contribution in [3.8, 4) is 0 Å². The van der Waals surface area contributed by atoms with E-state index < -0.39 is 5.54 Å². The highest BCUT2D eigenvalue weighted by Crippen LogP contribution is 2.36. The van der Waals surface area contributed by atoms with Crippen molar-refractivity contribution in [1.29, 1.82) is 0 Å². The van der Waals surface area contributed by atoms with Gasteiger partial charge in [0.25, 0.3) is 0 Å². The van der Waals surface area contributed by atoms with Crippen LogP contribution in [0.1, 0.15) is 22.3 Å². The zero-order valence-corrected chi connectivity index (χ0v) is 18.2. The Hall–Kier alpha value is -2.96. The monoisotopic (exact) mass is 427 g/mol. The van der Waals surface area contributed by atoms with E-state index in [1.165, 1.54) is 12.0 Å². The molecule has 1 heterocycles. The molecule has 3 aromatic carbocycles. The quantitative estimate of drug-likeness (QED) is 0.122. The molecule has 2 N–H and O–H groups in total. The number of aryl methyl sites for hydroxylation is 1. The van der Waals surface area contributed by atoms with Gasteiger partial charge < -0.3 is 0 Å². The van der Waals surface area contributed by atoms with Crippen LogP contribution in [0, 0.1) is 6.92 Å². The summed E-state index contributed by atoms with van der Waals surface area (Å²) in [5, 5.41) is 0.827. The van der Waals surface area contributed by atoms with Gasteiger partial charge in [-0.15, -0.1) is 0 Å². The van der Waals surface area contributed by atoms with Crippen LogP contribution in [0.2, 0.25) is 0 Å². The fourth-order valence-electron chi connectivity index (χ4n) is 3.57. The molecule has 0 saturated heterocycles. The molecule has 4 rings (SSSR count). The van der Waals surface area contributed by atoms with Crippen molar-refractivity contribution in [2.24, 2.45) is 0 Å². The Morgan fingerprint density at radius 2 is 1.26 bits per heavy atom. The maximum atomic E-state index is 5.74. The standard InChI is InChI=1S/C26H25N3OS/c1-21-17-18-25(27-19-21)31-30-20-28-29-26(22-11-5-2-6-12-22,23-13-7-3-8-14-23)24-15-9-4-10-16-24/h2-19,28-29H,20H2,1H3. The summed E-state index contributed by atoms with van der Waals surface area (Å²) in [4.78, 5) is 4.36. The highest BCUT2D eigenvalue weighted by molar-refractivity contribution is 7.94. The Morgan fingerprint density at radius 3 is 1.71 bits per heavy atom. The molecule has 0 aliphatic heterocycles. The molecule has 0 aliphatic rings. The number of rotatable bonds is 9. The molecule has 4 nitrogen and oxygen atoms in total. The van der Waals surface area contributed by atoms with Crippen LogP contribution in [0.4, 0.5) is 0 Å². The van der Waals surface area contributed by atoms with Crippen LogP contribution in [-0.2, 0) is 9.72 Å². The third-order valence-corrected chi connectivity index (χ3v) is 5.70. The van der Waals surface area contributed by atoms with E-state index in [0.717, 1.165) is 27.3 Å². The zero-order valence-electron chi connectivity index (χ0n) is 17.4. The van der Waals surface area contributed by atoms with Crippen LogP contribution < -0.4 is 10.9 Å². The van der Waals surface area contributed by atoms with Crippen molar-refractivity contribution >= 4 is 12.0 Å². The van der Waals surface area contributed by atoms with E-state index in [2.05, 4.69) is 88.6 Å². The second-order valence-corrected chi connectivity index (χ2v) is 7.99. The SMILES string of the molecule is Cc1ccc(SOCNNC(c2ccccc2)(c2ccccc2)c2ccccc2)nc1. The predicted molar refractivity (Wildman–Crippen MR) is 126 cm³/mol. The molecular formula is C26H25N3OS. The van der Waals surface area contributed by atoms with Gasteiger partial charge in [-0.05, 0) is 35.2 Å². The second kappa shape index (κ2) is 10.4. The van der Waals surface area contributed by atoms with Crippen LogP contribution >= 0.6 is 12.0 Å². The summed E-state index contributed by atoms with van der Waals surface area (Å²) in [5.41, 5.74) is 10.8. The van der Waals surface area contributed by atoms with Crippen molar-refractivity contribution < 1.29 is 4.18 Å². The molecular weight excluding hydrogens is 402 g/mol. The van der Waals surface area contributed by atoms with E-state index in [1.54, 1.807) is 0 Å². The van der Waals surface area contributed by atoms with Gasteiger partial charge in [0.05, 0.1) is 0 Å². The lowest BCUT2D eigenvalue weighted by Crippen LogP contribution is -2.52. The number of hydrogen-bond donors (Lipinski definition) is 2. The molecule has 0 aliphatic carbocycles. The Kier molecular flexibility index (Phi) is 7.12. The molecule has 0 amide bonds. The third-order valence-electron chi connectivity index (χ3n) is 5.06. The molecule has 0 spiro atoms. The average molecular weight is 428 g/mol. The topological polar surface area (TPSA) is 46.2 Å². The lowest BCUT2D eigenvalue weighted by molar-refractivity contribution is 0.265. The summed E-state index contributed by atoms with van der Waals surface area (Å²) in [6.07, 6.45) is 1.84. The van der Waals surface area contributed by atoms with Gasteiger partial charge in [-0.1, -0.05) is 97.1 Å². The Bertz CT molecular complexity index is 961. The number of pyridine rings is 1. The third kappa shape index (κ3) is 5.03. The summed E-state index contributed by atoms with van der Waals surface area (Å²) in [6.45, 7) is 2.32. The van der Waals surface area contributed by atoms with E-state index >= 15 is 0 Å².